The fourth-order valence-electron chi connectivity index (χ4n) is 1.66. The van der Waals surface area contributed by atoms with Crippen molar-refractivity contribution >= 4 is 23.6 Å². The summed E-state index contributed by atoms with van der Waals surface area (Å²) in [6.45, 7) is -0.299. The van der Waals surface area contributed by atoms with Crippen molar-refractivity contribution in [2.45, 2.75) is 12.5 Å². The van der Waals surface area contributed by atoms with Crippen molar-refractivity contribution in [2.24, 2.45) is 0 Å². The summed E-state index contributed by atoms with van der Waals surface area (Å²) < 4.78 is 0. The molecular weight excluding hydrogens is 272 g/mol. The lowest BCUT2D eigenvalue weighted by Crippen LogP contribution is -2.40. The predicted molar refractivity (Wildman–Crippen MR) is 81.1 cm³/mol. The lowest BCUT2D eigenvalue weighted by Gasteiger charge is -2.12. The van der Waals surface area contributed by atoms with Gasteiger partial charge in [0.25, 0.3) is 0 Å². The van der Waals surface area contributed by atoms with Gasteiger partial charge in [-0.1, -0.05) is 12.1 Å². The Balaban J connectivity index is 2.62. The van der Waals surface area contributed by atoms with E-state index in [1.165, 1.54) is 6.08 Å². The van der Waals surface area contributed by atoms with Crippen LogP contribution in [0, 0.1) is 0 Å². The molecule has 0 radical (unpaired) electrons. The van der Waals surface area contributed by atoms with Crippen LogP contribution in [0.3, 0.4) is 0 Å². The number of aliphatic carboxylic acids is 1. The van der Waals surface area contributed by atoms with Gasteiger partial charge in [0.1, 0.15) is 6.04 Å². The highest BCUT2D eigenvalue weighted by molar-refractivity contribution is 5.94. The van der Waals surface area contributed by atoms with Crippen LogP contribution >= 0.6 is 0 Å². The average Bonchev–Trinajstić information content (AvgIpc) is 2.45. The monoisotopic (exact) mass is 292 g/mol. The molecule has 1 amide bonds. The van der Waals surface area contributed by atoms with Gasteiger partial charge >= 0.3 is 5.97 Å². The second kappa shape index (κ2) is 8.06. The molecule has 114 valence electrons. The van der Waals surface area contributed by atoms with Crippen LogP contribution in [0.2, 0.25) is 0 Å². The molecule has 0 aromatic heterocycles. The van der Waals surface area contributed by atoms with E-state index < -0.39 is 17.9 Å². The number of nitrogens with one attached hydrogen (secondary N) is 1. The number of amides is 1. The van der Waals surface area contributed by atoms with Crippen LogP contribution in [0.5, 0.6) is 0 Å². The number of carboxylic acid groups (broad SMARTS) is 1. The van der Waals surface area contributed by atoms with Gasteiger partial charge in [-0.2, -0.15) is 0 Å². The molecule has 0 saturated carbocycles. The number of aliphatic hydroxyl groups excluding tert-OH is 1. The van der Waals surface area contributed by atoms with E-state index in [0.29, 0.717) is 0 Å². The van der Waals surface area contributed by atoms with Crippen LogP contribution < -0.4 is 10.2 Å². The molecular formula is C15H20N2O4. The lowest BCUT2D eigenvalue weighted by atomic mass is 10.1. The molecule has 0 unspecified atom stereocenters. The number of hydrogen-bond donors (Lipinski definition) is 3. The molecule has 0 heterocycles. The maximum atomic E-state index is 11.6. The number of carbonyl (C=O) groups excluding carboxylic acids is 1. The van der Waals surface area contributed by atoms with E-state index in [1.54, 1.807) is 6.08 Å². The van der Waals surface area contributed by atoms with Crippen molar-refractivity contribution in [3.8, 4) is 0 Å². The SMILES string of the molecule is CN(C)c1ccc(/C=C/C(=O)N[C@@H](CCO)C(=O)O)cc1. The van der Waals surface area contributed by atoms with Crippen LogP contribution in [0.4, 0.5) is 5.69 Å². The molecule has 3 N–H and O–H groups in total. The number of rotatable bonds is 7. The van der Waals surface area contributed by atoms with Gasteiger partial charge in [0.2, 0.25) is 5.91 Å². The summed E-state index contributed by atoms with van der Waals surface area (Å²) in [4.78, 5) is 24.4. The van der Waals surface area contributed by atoms with Crippen molar-refractivity contribution in [1.82, 2.24) is 5.32 Å². The average molecular weight is 292 g/mol. The zero-order valence-electron chi connectivity index (χ0n) is 12.1. The number of hydrogen-bond acceptors (Lipinski definition) is 4. The summed E-state index contributed by atoms with van der Waals surface area (Å²) in [5.41, 5.74) is 1.88. The lowest BCUT2D eigenvalue weighted by molar-refractivity contribution is -0.141. The molecule has 1 rings (SSSR count). The van der Waals surface area contributed by atoms with E-state index in [9.17, 15) is 9.59 Å². The first-order valence-electron chi connectivity index (χ1n) is 6.53. The Labute approximate surface area is 123 Å². The Morgan fingerprint density at radius 1 is 1.29 bits per heavy atom. The minimum Gasteiger partial charge on any atom is -0.480 e. The number of aliphatic hydroxyl groups is 1. The van der Waals surface area contributed by atoms with Crippen LogP contribution in [0.25, 0.3) is 6.08 Å². The zero-order valence-corrected chi connectivity index (χ0v) is 12.1. The Morgan fingerprint density at radius 3 is 2.38 bits per heavy atom. The molecule has 0 fully saturated rings. The number of anilines is 1. The smallest absolute Gasteiger partial charge is 0.326 e. The summed E-state index contributed by atoms with van der Waals surface area (Å²) in [6, 6.07) is 6.48. The van der Waals surface area contributed by atoms with Crippen LogP contribution in [0.15, 0.2) is 30.3 Å². The highest BCUT2D eigenvalue weighted by Crippen LogP contribution is 2.13. The molecule has 21 heavy (non-hydrogen) atoms. The van der Waals surface area contributed by atoms with Gasteiger partial charge in [-0.3, -0.25) is 4.79 Å². The zero-order chi connectivity index (χ0) is 15.8. The summed E-state index contributed by atoms with van der Waals surface area (Å²) in [5, 5.41) is 19.9. The summed E-state index contributed by atoms with van der Waals surface area (Å²) in [7, 11) is 3.87. The van der Waals surface area contributed by atoms with Crippen LogP contribution in [-0.4, -0.2) is 48.8 Å². The first kappa shape index (κ1) is 16.7. The number of carbonyl (C=O) groups is 2. The highest BCUT2D eigenvalue weighted by Gasteiger charge is 2.17. The Morgan fingerprint density at radius 2 is 1.90 bits per heavy atom. The van der Waals surface area contributed by atoms with Gasteiger partial charge in [0, 0.05) is 38.9 Å². The molecule has 6 nitrogen and oxygen atoms in total. The largest absolute Gasteiger partial charge is 0.480 e. The van der Waals surface area contributed by atoms with Gasteiger partial charge in [-0.15, -0.1) is 0 Å². The van der Waals surface area contributed by atoms with E-state index in [-0.39, 0.29) is 13.0 Å². The van der Waals surface area contributed by atoms with Crippen molar-refractivity contribution < 1.29 is 19.8 Å². The second-order valence-corrected chi connectivity index (χ2v) is 4.73. The van der Waals surface area contributed by atoms with Gasteiger partial charge in [0.15, 0.2) is 0 Å². The third-order valence-corrected chi connectivity index (χ3v) is 2.87. The van der Waals surface area contributed by atoms with Gasteiger partial charge in [-0.25, -0.2) is 4.79 Å². The van der Waals surface area contributed by atoms with Crippen molar-refractivity contribution in [3.05, 3.63) is 35.9 Å². The quantitative estimate of drug-likeness (QED) is 0.644. The fourth-order valence-corrected chi connectivity index (χ4v) is 1.66. The molecule has 0 aliphatic carbocycles. The maximum Gasteiger partial charge on any atom is 0.326 e. The number of benzene rings is 1. The predicted octanol–water partition coefficient (Wildman–Crippen LogP) is 0.718. The van der Waals surface area contributed by atoms with Crippen LogP contribution in [0.1, 0.15) is 12.0 Å². The Kier molecular flexibility index (Phi) is 6.42. The molecule has 0 bridgehead atoms. The summed E-state index contributed by atoms with van der Waals surface area (Å²) in [6.07, 6.45) is 2.86. The fraction of sp³-hybridized carbons (Fsp3) is 0.333. The van der Waals surface area contributed by atoms with Crippen molar-refractivity contribution in [3.63, 3.8) is 0 Å². The molecule has 1 aromatic rings. The maximum absolute atomic E-state index is 11.6. The summed E-state index contributed by atoms with van der Waals surface area (Å²) in [5.74, 6) is -1.67. The highest BCUT2D eigenvalue weighted by atomic mass is 16.4. The Bertz CT molecular complexity index is 509. The molecule has 1 aromatic carbocycles. The third kappa shape index (κ3) is 5.66. The van der Waals surface area contributed by atoms with E-state index in [0.717, 1.165) is 11.3 Å². The van der Waals surface area contributed by atoms with Crippen molar-refractivity contribution in [1.29, 1.82) is 0 Å². The van der Waals surface area contributed by atoms with Crippen molar-refractivity contribution in [2.75, 3.05) is 25.6 Å². The Hall–Kier alpha value is -2.34. The molecule has 6 heteroatoms. The van der Waals surface area contributed by atoms with Gasteiger partial charge in [-0.05, 0) is 23.8 Å². The van der Waals surface area contributed by atoms with E-state index in [1.807, 2.05) is 43.3 Å². The van der Waals surface area contributed by atoms with Crippen LogP contribution in [-0.2, 0) is 9.59 Å². The van der Waals surface area contributed by atoms with Gasteiger partial charge in [0.05, 0.1) is 0 Å². The minimum absolute atomic E-state index is 0.0214. The topological polar surface area (TPSA) is 89.9 Å². The molecule has 0 aliphatic rings. The molecule has 0 saturated heterocycles. The third-order valence-electron chi connectivity index (χ3n) is 2.87. The van der Waals surface area contributed by atoms with E-state index >= 15 is 0 Å². The number of nitrogens with zero attached hydrogens (tertiary/aromatic N) is 1. The van der Waals surface area contributed by atoms with E-state index in [4.69, 9.17) is 10.2 Å². The second-order valence-electron chi connectivity index (χ2n) is 4.73. The number of carboxylic acids is 1. The first-order chi connectivity index (χ1) is 9.93. The minimum atomic E-state index is -1.17. The molecule has 0 aliphatic heterocycles. The first-order valence-corrected chi connectivity index (χ1v) is 6.53. The van der Waals surface area contributed by atoms with Gasteiger partial charge < -0.3 is 20.4 Å². The molecule has 0 spiro atoms. The normalized spacial score (nSPS) is 12.1. The van der Waals surface area contributed by atoms with E-state index in [2.05, 4.69) is 5.32 Å². The standard InChI is InChI=1S/C15H20N2O4/c1-17(2)12-6-3-11(4-7-12)5-8-14(19)16-13(9-10-18)15(20)21/h3-8,13,18H,9-10H2,1-2H3,(H,16,19)(H,20,21)/b8-5+/t13-/m0/s1. The molecule has 1 atom stereocenters. The summed E-state index contributed by atoms with van der Waals surface area (Å²) >= 11 is 0.